The third kappa shape index (κ3) is 5.18. The van der Waals surface area contributed by atoms with E-state index in [1.807, 2.05) is 6.20 Å². The van der Waals surface area contributed by atoms with Gasteiger partial charge in [0.05, 0.1) is 5.52 Å². The molecule has 3 aromatic rings. The zero-order valence-electron chi connectivity index (χ0n) is 14.6. The molecule has 0 fully saturated rings. The minimum absolute atomic E-state index is 0.946. The van der Waals surface area contributed by atoms with Crippen LogP contribution in [0.15, 0.2) is 66.9 Å². The Morgan fingerprint density at radius 2 is 1.56 bits per heavy atom. The molecule has 0 radical (unpaired) electrons. The highest BCUT2D eigenvalue weighted by Gasteiger charge is 2.11. The second kappa shape index (κ2) is 9.76. The number of anilines is 1. The summed E-state index contributed by atoms with van der Waals surface area (Å²) in [5.41, 5.74) is 3.72. The normalized spacial score (nSPS) is 10.9. The summed E-state index contributed by atoms with van der Waals surface area (Å²) in [7, 11) is 0. The third-order valence-corrected chi connectivity index (χ3v) is 5.26. The maximum Gasteiger partial charge on any atom is 0.0722 e. The Labute approximate surface area is 164 Å². The van der Waals surface area contributed by atoms with Crippen LogP contribution in [0, 0.1) is 0 Å². The van der Waals surface area contributed by atoms with Gasteiger partial charge in [-0.3, -0.25) is 4.98 Å². The summed E-state index contributed by atoms with van der Waals surface area (Å²) in [6.45, 7) is 2.03. The van der Waals surface area contributed by atoms with Crippen LogP contribution in [0.2, 0.25) is 0 Å². The Balaban J connectivity index is 1.81. The van der Waals surface area contributed by atoms with Crippen LogP contribution in [-0.2, 0) is 6.54 Å². The topological polar surface area (TPSA) is 16.1 Å². The molecule has 2 nitrogen and oxygen atoms in total. The molecule has 0 N–H and O–H groups in total. The molecule has 1 heterocycles. The molecule has 0 amide bonds. The molecule has 25 heavy (non-hydrogen) atoms. The van der Waals surface area contributed by atoms with Crippen molar-refractivity contribution in [2.45, 2.75) is 32.2 Å². The van der Waals surface area contributed by atoms with Crippen molar-refractivity contribution in [3.63, 3.8) is 0 Å². The highest BCUT2D eigenvalue weighted by Crippen LogP contribution is 2.27. The average molecular weight is 444 g/mol. The molecule has 2 aromatic carbocycles. The van der Waals surface area contributed by atoms with Gasteiger partial charge in [-0.25, -0.2) is 0 Å². The number of hydrogen-bond donors (Lipinski definition) is 0. The van der Waals surface area contributed by atoms with E-state index in [1.165, 1.54) is 46.7 Å². The minimum Gasteiger partial charge on any atom is -0.367 e. The molecule has 3 rings (SSSR count). The van der Waals surface area contributed by atoms with Gasteiger partial charge in [-0.2, -0.15) is 0 Å². The van der Waals surface area contributed by atoms with Crippen molar-refractivity contribution in [2.75, 3.05) is 15.9 Å². The van der Waals surface area contributed by atoms with E-state index in [0.29, 0.717) is 0 Å². The van der Waals surface area contributed by atoms with Crippen LogP contribution in [0.3, 0.4) is 0 Å². The van der Waals surface area contributed by atoms with Crippen LogP contribution in [0.5, 0.6) is 0 Å². The zero-order valence-corrected chi connectivity index (χ0v) is 16.7. The smallest absolute Gasteiger partial charge is 0.0722 e. The Morgan fingerprint density at radius 3 is 2.40 bits per heavy atom. The van der Waals surface area contributed by atoms with E-state index in [-0.39, 0.29) is 0 Å². The Hall–Kier alpha value is -1.62. The molecule has 0 aliphatic carbocycles. The molecule has 0 saturated heterocycles. The fourth-order valence-electron chi connectivity index (χ4n) is 3.20. The van der Waals surface area contributed by atoms with Gasteiger partial charge in [0.15, 0.2) is 0 Å². The van der Waals surface area contributed by atoms with Gasteiger partial charge in [-0.1, -0.05) is 84.0 Å². The maximum absolute atomic E-state index is 4.52. The number of para-hydroxylation sites is 1. The fourth-order valence-corrected chi connectivity index (χ4v) is 3.74. The predicted octanol–water partition coefficient (Wildman–Crippen LogP) is 6.24. The van der Waals surface area contributed by atoms with Gasteiger partial charge >= 0.3 is 0 Å². The molecule has 130 valence electrons. The number of nitrogens with zero attached hydrogens (tertiary/aromatic N) is 2. The van der Waals surface area contributed by atoms with Crippen LogP contribution in [-0.4, -0.2) is 16.0 Å². The van der Waals surface area contributed by atoms with Crippen molar-refractivity contribution in [3.8, 4) is 0 Å². The lowest BCUT2D eigenvalue weighted by Crippen LogP contribution is -2.24. The van der Waals surface area contributed by atoms with Gasteiger partial charge in [0.25, 0.3) is 0 Å². The van der Waals surface area contributed by atoms with Gasteiger partial charge in [-0.15, -0.1) is 0 Å². The number of hydrogen-bond acceptors (Lipinski definition) is 2. The highest BCUT2D eigenvalue weighted by atomic mass is 127. The lowest BCUT2D eigenvalue weighted by molar-refractivity contribution is 0.647. The number of benzene rings is 2. The highest BCUT2D eigenvalue weighted by molar-refractivity contribution is 14.1. The summed E-state index contributed by atoms with van der Waals surface area (Å²) < 4.78 is 1.26. The van der Waals surface area contributed by atoms with Gasteiger partial charge in [0, 0.05) is 30.4 Å². The van der Waals surface area contributed by atoms with Crippen LogP contribution in [0.25, 0.3) is 10.9 Å². The number of aromatic nitrogens is 1. The molecule has 0 unspecified atom stereocenters. The monoisotopic (exact) mass is 444 g/mol. The predicted molar refractivity (Wildman–Crippen MR) is 117 cm³/mol. The van der Waals surface area contributed by atoms with Crippen molar-refractivity contribution < 1.29 is 0 Å². The largest absolute Gasteiger partial charge is 0.367 e. The van der Waals surface area contributed by atoms with Crippen molar-refractivity contribution >= 4 is 39.2 Å². The maximum atomic E-state index is 4.52. The first kappa shape index (κ1) is 18.2. The number of alkyl halides is 1. The van der Waals surface area contributed by atoms with E-state index in [2.05, 4.69) is 93.1 Å². The van der Waals surface area contributed by atoms with Gasteiger partial charge in [-0.05, 0) is 35.0 Å². The summed E-state index contributed by atoms with van der Waals surface area (Å²) in [4.78, 5) is 7.04. The summed E-state index contributed by atoms with van der Waals surface area (Å²) in [5, 5.41) is 1.24. The van der Waals surface area contributed by atoms with E-state index < -0.39 is 0 Å². The van der Waals surface area contributed by atoms with Gasteiger partial charge in [0.2, 0.25) is 0 Å². The van der Waals surface area contributed by atoms with Gasteiger partial charge in [0.1, 0.15) is 0 Å². The standard InChI is InChI=1S/C22H25IN2/c23-15-8-1-2-9-17-25(18-19-10-4-3-5-11-19)22-14-16-24-21-13-7-6-12-20(21)22/h3-7,10-14,16H,1-2,8-9,15,17-18H2. The zero-order chi connectivity index (χ0) is 17.3. The Morgan fingerprint density at radius 1 is 0.800 bits per heavy atom. The number of fused-ring (bicyclic) bond motifs is 1. The molecule has 3 heteroatoms. The lowest BCUT2D eigenvalue weighted by Gasteiger charge is -2.26. The first-order valence-corrected chi connectivity index (χ1v) is 10.6. The van der Waals surface area contributed by atoms with E-state index in [4.69, 9.17) is 0 Å². The second-order valence-electron chi connectivity index (χ2n) is 6.36. The fraction of sp³-hybridized carbons (Fsp3) is 0.318. The SMILES string of the molecule is ICCCCCCN(Cc1ccccc1)c1ccnc2ccccc12. The van der Waals surface area contributed by atoms with E-state index in [0.717, 1.165) is 18.6 Å². The molecular formula is C22H25IN2. The number of pyridine rings is 1. The average Bonchev–Trinajstić information content (AvgIpc) is 2.67. The van der Waals surface area contributed by atoms with Crippen LogP contribution < -0.4 is 4.90 Å². The van der Waals surface area contributed by atoms with Crippen molar-refractivity contribution in [3.05, 3.63) is 72.4 Å². The molecule has 1 aromatic heterocycles. The second-order valence-corrected chi connectivity index (χ2v) is 7.44. The summed E-state index contributed by atoms with van der Waals surface area (Å²) in [6.07, 6.45) is 7.14. The minimum atomic E-state index is 0.946. The quantitative estimate of drug-likeness (QED) is 0.221. The van der Waals surface area contributed by atoms with E-state index >= 15 is 0 Å². The first-order valence-electron chi connectivity index (χ1n) is 9.07. The summed E-state index contributed by atoms with van der Waals surface area (Å²) >= 11 is 2.47. The molecule has 0 saturated carbocycles. The van der Waals surface area contributed by atoms with E-state index in [9.17, 15) is 0 Å². The Kier molecular flexibility index (Phi) is 7.10. The van der Waals surface area contributed by atoms with E-state index in [1.54, 1.807) is 0 Å². The molecule has 0 aliphatic heterocycles. The van der Waals surface area contributed by atoms with Crippen molar-refractivity contribution in [2.24, 2.45) is 0 Å². The number of halogens is 1. The van der Waals surface area contributed by atoms with Crippen LogP contribution in [0.4, 0.5) is 5.69 Å². The molecule has 0 atom stereocenters. The van der Waals surface area contributed by atoms with Crippen molar-refractivity contribution in [1.82, 2.24) is 4.98 Å². The number of unbranched alkanes of at least 4 members (excludes halogenated alkanes) is 3. The Bertz CT molecular complexity index is 768. The molecule has 0 bridgehead atoms. The third-order valence-electron chi connectivity index (χ3n) is 4.49. The first-order chi connectivity index (χ1) is 12.4. The van der Waals surface area contributed by atoms with Crippen molar-refractivity contribution in [1.29, 1.82) is 0 Å². The van der Waals surface area contributed by atoms with Crippen LogP contribution >= 0.6 is 22.6 Å². The molecule has 0 spiro atoms. The lowest BCUT2D eigenvalue weighted by atomic mass is 10.1. The summed E-state index contributed by atoms with van der Waals surface area (Å²) in [5.74, 6) is 0. The summed E-state index contributed by atoms with van der Waals surface area (Å²) in [6, 6.07) is 21.4. The molecule has 0 aliphatic rings. The van der Waals surface area contributed by atoms with Gasteiger partial charge < -0.3 is 4.90 Å². The number of rotatable bonds is 9. The molecular weight excluding hydrogens is 419 g/mol. The van der Waals surface area contributed by atoms with Crippen LogP contribution in [0.1, 0.15) is 31.2 Å².